The van der Waals surface area contributed by atoms with Crippen molar-refractivity contribution in [2.75, 3.05) is 18.4 Å². The number of hydrogen-bond donors (Lipinski definition) is 1. The van der Waals surface area contributed by atoms with Gasteiger partial charge in [0.2, 0.25) is 5.82 Å². The molecule has 2 atom stereocenters. The molecule has 0 bridgehead atoms. The van der Waals surface area contributed by atoms with Crippen LogP contribution in [0.4, 0.5) is 20.2 Å². The molecule has 11 heteroatoms. The second kappa shape index (κ2) is 10.2. The zero-order valence-corrected chi connectivity index (χ0v) is 17.6. The molecular formula is C22H21F2N3O6. The fourth-order valence-electron chi connectivity index (χ4n) is 3.43. The van der Waals surface area contributed by atoms with E-state index in [9.17, 15) is 33.3 Å². The highest BCUT2D eigenvalue weighted by atomic mass is 19.1. The molecule has 9 nitrogen and oxygen atoms in total. The van der Waals surface area contributed by atoms with Gasteiger partial charge in [-0.1, -0.05) is 0 Å². The summed E-state index contributed by atoms with van der Waals surface area (Å²) in [4.78, 5) is 48.9. The number of esters is 1. The summed E-state index contributed by atoms with van der Waals surface area (Å²) < 4.78 is 31.8. The normalized spacial score (nSPS) is 16.6. The standard InChI is InChI=1S/C22H21F2N3O6/c1-13(20(28)25-17-8-9-18(24)19(11-17)27(31)32)33-22(30)15-3-2-10-26(12-15)21(29)14-4-6-16(23)7-5-14/h4-9,11,13,15H,2-3,10,12H2,1H3,(H,25,28). The molecule has 0 aliphatic carbocycles. The van der Waals surface area contributed by atoms with E-state index in [-0.39, 0.29) is 18.1 Å². The van der Waals surface area contributed by atoms with Gasteiger partial charge in [-0.15, -0.1) is 0 Å². The number of carbonyl (C=O) groups excluding carboxylic acids is 3. The van der Waals surface area contributed by atoms with Crippen molar-refractivity contribution in [2.24, 2.45) is 5.92 Å². The number of rotatable bonds is 6. The van der Waals surface area contributed by atoms with Crippen LogP contribution in [0, 0.1) is 27.7 Å². The van der Waals surface area contributed by atoms with Crippen molar-refractivity contribution in [1.82, 2.24) is 4.90 Å². The minimum Gasteiger partial charge on any atom is -0.452 e. The molecule has 3 rings (SSSR count). The number of hydrogen-bond acceptors (Lipinski definition) is 6. The van der Waals surface area contributed by atoms with Crippen molar-refractivity contribution in [1.29, 1.82) is 0 Å². The number of nitrogens with one attached hydrogen (secondary N) is 1. The highest BCUT2D eigenvalue weighted by Gasteiger charge is 2.32. The third-order valence-corrected chi connectivity index (χ3v) is 5.21. The van der Waals surface area contributed by atoms with E-state index in [1.807, 2.05) is 0 Å². The molecule has 0 aromatic heterocycles. The molecule has 1 saturated heterocycles. The van der Waals surface area contributed by atoms with Gasteiger partial charge in [-0.2, -0.15) is 4.39 Å². The lowest BCUT2D eigenvalue weighted by Crippen LogP contribution is -2.44. The van der Waals surface area contributed by atoms with Crippen LogP contribution in [-0.2, 0) is 14.3 Å². The number of nitro benzene ring substituents is 1. The number of anilines is 1. The number of carbonyl (C=O) groups is 3. The second-order valence-corrected chi connectivity index (χ2v) is 7.59. The largest absolute Gasteiger partial charge is 0.452 e. The van der Waals surface area contributed by atoms with Crippen LogP contribution in [-0.4, -0.2) is 46.8 Å². The van der Waals surface area contributed by atoms with Crippen molar-refractivity contribution >= 4 is 29.2 Å². The van der Waals surface area contributed by atoms with E-state index in [1.54, 1.807) is 0 Å². The Morgan fingerprint density at radius 3 is 2.55 bits per heavy atom. The van der Waals surface area contributed by atoms with E-state index in [4.69, 9.17) is 4.74 Å². The summed E-state index contributed by atoms with van der Waals surface area (Å²) in [5.74, 6) is -3.91. The summed E-state index contributed by atoms with van der Waals surface area (Å²) in [6, 6.07) is 7.95. The van der Waals surface area contributed by atoms with Crippen molar-refractivity contribution < 1.29 is 32.8 Å². The highest BCUT2D eigenvalue weighted by Crippen LogP contribution is 2.23. The minimum absolute atomic E-state index is 0.0234. The maximum absolute atomic E-state index is 13.4. The SMILES string of the molecule is CC(OC(=O)C1CCCN(C(=O)c2ccc(F)cc2)C1)C(=O)Nc1ccc(F)c([N+](=O)[O-])c1. The zero-order chi connectivity index (χ0) is 24.1. The van der Waals surface area contributed by atoms with Gasteiger partial charge in [0.15, 0.2) is 6.10 Å². The molecule has 33 heavy (non-hydrogen) atoms. The first kappa shape index (κ1) is 23.8. The van der Waals surface area contributed by atoms with Crippen LogP contribution in [0.5, 0.6) is 0 Å². The molecule has 1 N–H and O–H groups in total. The van der Waals surface area contributed by atoms with Gasteiger partial charge in [-0.05, 0) is 56.2 Å². The smallest absolute Gasteiger partial charge is 0.311 e. The highest BCUT2D eigenvalue weighted by molar-refractivity contribution is 5.96. The first-order chi connectivity index (χ1) is 15.7. The van der Waals surface area contributed by atoms with Crippen LogP contribution in [0.15, 0.2) is 42.5 Å². The Labute approximate surface area is 187 Å². The van der Waals surface area contributed by atoms with Crippen LogP contribution in [0.3, 0.4) is 0 Å². The molecule has 2 aromatic rings. The minimum atomic E-state index is -1.23. The van der Waals surface area contributed by atoms with Gasteiger partial charge in [0.25, 0.3) is 11.8 Å². The number of ether oxygens (including phenoxy) is 1. The average Bonchev–Trinajstić information content (AvgIpc) is 2.80. The summed E-state index contributed by atoms with van der Waals surface area (Å²) in [5, 5.41) is 13.2. The molecule has 2 amide bonds. The fourth-order valence-corrected chi connectivity index (χ4v) is 3.43. The van der Waals surface area contributed by atoms with Crippen LogP contribution >= 0.6 is 0 Å². The molecule has 1 heterocycles. The van der Waals surface area contributed by atoms with E-state index in [1.165, 1.54) is 36.1 Å². The second-order valence-electron chi connectivity index (χ2n) is 7.59. The topological polar surface area (TPSA) is 119 Å². The van der Waals surface area contributed by atoms with Crippen molar-refractivity contribution in [2.45, 2.75) is 25.9 Å². The quantitative estimate of drug-likeness (QED) is 0.401. The molecule has 0 saturated carbocycles. The van der Waals surface area contributed by atoms with Crippen LogP contribution < -0.4 is 5.32 Å². The average molecular weight is 461 g/mol. The van der Waals surface area contributed by atoms with Gasteiger partial charge in [0, 0.05) is 30.4 Å². The molecule has 1 fully saturated rings. The lowest BCUT2D eigenvalue weighted by Gasteiger charge is -2.32. The first-order valence-electron chi connectivity index (χ1n) is 10.2. The van der Waals surface area contributed by atoms with E-state index < -0.39 is 46.1 Å². The fraction of sp³-hybridized carbons (Fsp3) is 0.318. The first-order valence-corrected chi connectivity index (χ1v) is 10.2. The lowest BCUT2D eigenvalue weighted by atomic mass is 9.97. The maximum atomic E-state index is 13.4. The molecule has 174 valence electrons. The number of nitrogens with zero attached hydrogens (tertiary/aromatic N) is 2. The van der Waals surface area contributed by atoms with Gasteiger partial charge in [-0.3, -0.25) is 24.5 Å². The van der Waals surface area contributed by atoms with Crippen molar-refractivity contribution in [3.05, 3.63) is 69.8 Å². The predicted octanol–water partition coefficient (Wildman–Crippen LogP) is 3.30. The number of halogens is 2. The lowest BCUT2D eigenvalue weighted by molar-refractivity contribution is -0.387. The van der Waals surface area contributed by atoms with Gasteiger partial charge < -0.3 is 15.0 Å². The molecule has 0 radical (unpaired) electrons. The Kier molecular flexibility index (Phi) is 7.31. The number of amides is 2. The third kappa shape index (κ3) is 5.88. The third-order valence-electron chi connectivity index (χ3n) is 5.21. The Morgan fingerprint density at radius 1 is 1.18 bits per heavy atom. The molecule has 1 aliphatic heterocycles. The van der Waals surface area contributed by atoms with E-state index in [2.05, 4.69) is 5.32 Å². The Hall–Kier alpha value is -3.89. The summed E-state index contributed by atoms with van der Waals surface area (Å²) >= 11 is 0. The molecular weight excluding hydrogens is 440 g/mol. The van der Waals surface area contributed by atoms with Gasteiger partial charge in [-0.25, -0.2) is 4.39 Å². The Balaban J connectivity index is 1.58. The maximum Gasteiger partial charge on any atom is 0.311 e. The van der Waals surface area contributed by atoms with Crippen LogP contribution in [0.1, 0.15) is 30.1 Å². The van der Waals surface area contributed by atoms with Crippen molar-refractivity contribution in [3.8, 4) is 0 Å². The summed E-state index contributed by atoms with van der Waals surface area (Å²) in [6.45, 7) is 1.85. The van der Waals surface area contributed by atoms with E-state index >= 15 is 0 Å². The molecule has 1 aliphatic rings. The predicted molar refractivity (Wildman–Crippen MR) is 112 cm³/mol. The Bertz CT molecular complexity index is 1080. The number of nitro groups is 1. The summed E-state index contributed by atoms with van der Waals surface area (Å²) in [5.41, 5.74) is -0.526. The number of likely N-dealkylation sites (tertiary alicyclic amines) is 1. The van der Waals surface area contributed by atoms with Gasteiger partial charge in [0.05, 0.1) is 10.8 Å². The number of piperidine rings is 1. The van der Waals surface area contributed by atoms with Gasteiger partial charge in [0.1, 0.15) is 5.82 Å². The van der Waals surface area contributed by atoms with E-state index in [0.717, 1.165) is 18.2 Å². The van der Waals surface area contributed by atoms with Crippen molar-refractivity contribution in [3.63, 3.8) is 0 Å². The monoisotopic (exact) mass is 461 g/mol. The van der Waals surface area contributed by atoms with E-state index in [0.29, 0.717) is 24.9 Å². The zero-order valence-electron chi connectivity index (χ0n) is 17.6. The molecule has 2 aromatic carbocycles. The number of benzene rings is 2. The Morgan fingerprint density at radius 2 is 1.88 bits per heavy atom. The van der Waals surface area contributed by atoms with Crippen LogP contribution in [0.25, 0.3) is 0 Å². The van der Waals surface area contributed by atoms with Crippen LogP contribution in [0.2, 0.25) is 0 Å². The summed E-state index contributed by atoms with van der Waals surface area (Å²) in [7, 11) is 0. The summed E-state index contributed by atoms with van der Waals surface area (Å²) in [6.07, 6.45) is -0.221. The van der Waals surface area contributed by atoms with Gasteiger partial charge >= 0.3 is 11.7 Å². The molecule has 0 spiro atoms. The molecule has 2 unspecified atom stereocenters.